The molecular weight excluding hydrogens is 360 g/mol. The molecule has 1 aliphatic rings. The lowest BCUT2D eigenvalue weighted by atomic mass is 10.3. The van der Waals surface area contributed by atoms with Gasteiger partial charge in [0.15, 0.2) is 5.82 Å². The molecule has 1 saturated heterocycles. The number of ether oxygens (including phenoxy) is 1. The number of carbonyl (C=O) groups is 1. The van der Waals surface area contributed by atoms with E-state index in [1.54, 1.807) is 21.8 Å². The molecule has 28 heavy (non-hydrogen) atoms. The van der Waals surface area contributed by atoms with Gasteiger partial charge in [0.25, 0.3) is 11.7 Å². The van der Waals surface area contributed by atoms with E-state index in [9.17, 15) is 4.79 Å². The van der Waals surface area contributed by atoms with Gasteiger partial charge in [-0.3, -0.25) is 9.78 Å². The highest BCUT2D eigenvalue weighted by atomic mass is 16.5. The third-order valence-electron chi connectivity index (χ3n) is 4.59. The van der Waals surface area contributed by atoms with Crippen molar-refractivity contribution in [3.05, 3.63) is 35.7 Å². The second kappa shape index (κ2) is 7.02. The molecule has 146 valence electrons. The summed E-state index contributed by atoms with van der Waals surface area (Å²) in [5.74, 6) is 1.53. The number of rotatable bonds is 4. The Kier molecular flexibility index (Phi) is 4.54. The van der Waals surface area contributed by atoms with E-state index in [-0.39, 0.29) is 17.8 Å². The van der Waals surface area contributed by atoms with Crippen molar-refractivity contribution in [3.8, 4) is 5.88 Å². The third kappa shape index (κ3) is 3.45. The lowest BCUT2D eigenvalue weighted by Crippen LogP contribution is -2.31. The minimum absolute atomic E-state index is 0.144. The average Bonchev–Trinajstić information content (AvgIpc) is 3.28. The number of aromatic nitrogens is 6. The number of aryl methyl sites for hydroxylation is 2. The Bertz CT molecular complexity index is 1030. The average molecular weight is 382 g/mol. The molecule has 0 N–H and O–H groups in total. The fourth-order valence-corrected chi connectivity index (χ4v) is 3.19. The van der Waals surface area contributed by atoms with Crippen molar-refractivity contribution in [1.29, 1.82) is 0 Å². The van der Waals surface area contributed by atoms with Crippen molar-refractivity contribution in [1.82, 2.24) is 34.4 Å². The van der Waals surface area contributed by atoms with Crippen LogP contribution < -0.4 is 9.64 Å². The summed E-state index contributed by atoms with van der Waals surface area (Å²) in [5, 5.41) is 4.32. The van der Waals surface area contributed by atoms with E-state index in [0.29, 0.717) is 31.2 Å². The van der Waals surface area contributed by atoms with Crippen LogP contribution in [0, 0.1) is 13.8 Å². The molecule has 0 radical (unpaired) electrons. The Morgan fingerprint density at radius 3 is 2.82 bits per heavy atom. The van der Waals surface area contributed by atoms with Crippen LogP contribution in [0.5, 0.6) is 5.88 Å². The number of anilines is 1. The summed E-state index contributed by atoms with van der Waals surface area (Å²) in [7, 11) is 3.79. The van der Waals surface area contributed by atoms with Gasteiger partial charge in [0, 0.05) is 38.4 Å². The first-order valence-electron chi connectivity index (χ1n) is 9.07. The fourth-order valence-electron chi connectivity index (χ4n) is 3.19. The van der Waals surface area contributed by atoms with Crippen LogP contribution in [0.25, 0.3) is 5.78 Å². The quantitative estimate of drug-likeness (QED) is 0.656. The van der Waals surface area contributed by atoms with Crippen LogP contribution in [0.1, 0.15) is 28.4 Å². The predicted octanol–water partition coefficient (Wildman–Crippen LogP) is 0.891. The summed E-state index contributed by atoms with van der Waals surface area (Å²) >= 11 is 0. The van der Waals surface area contributed by atoms with Gasteiger partial charge in [-0.05, 0) is 19.9 Å². The molecule has 3 aromatic rings. The molecule has 1 unspecified atom stereocenters. The van der Waals surface area contributed by atoms with E-state index >= 15 is 0 Å². The van der Waals surface area contributed by atoms with Gasteiger partial charge >= 0.3 is 0 Å². The molecule has 0 spiro atoms. The maximum Gasteiger partial charge on any atom is 0.293 e. The Hall–Kier alpha value is -3.30. The van der Waals surface area contributed by atoms with Gasteiger partial charge in [-0.15, -0.1) is 5.10 Å². The number of fused-ring (bicyclic) bond motifs is 1. The summed E-state index contributed by atoms with van der Waals surface area (Å²) in [5.41, 5.74) is 1.73. The first-order chi connectivity index (χ1) is 13.4. The Morgan fingerprint density at radius 1 is 1.21 bits per heavy atom. The molecule has 0 bridgehead atoms. The number of nitrogens with zero attached hydrogens (tertiary/aromatic N) is 8. The Morgan fingerprint density at radius 2 is 2.04 bits per heavy atom. The van der Waals surface area contributed by atoms with Crippen molar-refractivity contribution in [2.24, 2.45) is 0 Å². The van der Waals surface area contributed by atoms with Gasteiger partial charge < -0.3 is 14.5 Å². The molecule has 10 nitrogen and oxygen atoms in total. The predicted molar refractivity (Wildman–Crippen MR) is 102 cm³/mol. The smallest absolute Gasteiger partial charge is 0.293 e. The van der Waals surface area contributed by atoms with Crippen LogP contribution in [0.3, 0.4) is 0 Å². The second-order valence-corrected chi connectivity index (χ2v) is 7.08. The maximum absolute atomic E-state index is 12.8. The van der Waals surface area contributed by atoms with Crippen molar-refractivity contribution in [2.45, 2.75) is 26.4 Å². The molecule has 3 aromatic heterocycles. The van der Waals surface area contributed by atoms with Crippen molar-refractivity contribution in [3.63, 3.8) is 0 Å². The van der Waals surface area contributed by atoms with E-state index in [1.807, 2.05) is 38.9 Å². The number of carbonyl (C=O) groups excluding carboxylic acids is 1. The highest BCUT2D eigenvalue weighted by Gasteiger charge is 2.31. The molecule has 0 saturated carbocycles. The normalized spacial score (nSPS) is 16.6. The monoisotopic (exact) mass is 382 g/mol. The lowest BCUT2D eigenvalue weighted by Gasteiger charge is -2.16. The number of hydrogen-bond donors (Lipinski definition) is 0. The lowest BCUT2D eigenvalue weighted by molar-refractivity contribution is 0.0759. The van der Waals surface area contributed by atoms with E-state index in [0.717, 1.165) is 17.2 Å². The molecule has 4 heterocycles. The standard InChI is InChI=1S/C18H22N8O2/c1-11-7-12(2)26-18(20-11)22-16(23-26)17(27)25-6-5-13(10-25)28-15-9-19-8-14(21-15)24(3)4/h7-9,13H,5-6,10H2,1-4H3. The van der Waals surface area contributed by atoms with E-state index in [2.05, 4.69) is 25.0 Å². The fraction of sp³-hybridized carbons (Fsp3) is 0.444. The van der Waals surface area contributed by atoms with Gasteiger partial charge in [-0.1, -0.05) is 0 Å². The molecule has 4 rings (SSSR count). The van der Waals surface area contributed by atoms with Gasteiger partial charge in [0.05, 0.1) is 18.9 Å². The van der Waals surface area contributed by atoms with Crippen molar-refractivity contribution < 1.29 is 9.53 Å². The highest BCUT2D eigenvalue weighted by molar-refractivity contribution is 5.91. The zero-order valence-corrected chi connectivity index (χ0v) is 16.3. The molecule has 1 amide bonds. The van der Waals surface area contributed by atoms with Crippen LogP contribution in [0.4, 0.5) is 5.82 Å². The van der Waals surface area contributed by atoms with Gasteiger partial charge in [0.2, 0.25) is 11.7 Å². The largest absolute Gasteiger partial charge is 0.471 e. The van der Waals surface area contributed by atoms with E-state index < -0.39 is 0 Å². The van der Waals surface area contributed by atoms with E-state index in [1.165, 1.54) is 0 Å². The molecule has 1 fully saturated rings. The maximum atomic E-state index is 12.8. The summed E-state index contributed by atoms with van der Waals surface area (Å²) in [6.07, 6.45) is 3.82. The highest BCUT2D eigenvalue weighted by Crippen LogP contribution is 2.19. The van der Waals surface area contributed by atoms with Gasteiger partial charge in [0.1, 0.15) is 6.10 Å². The molecule has 10 heteroatoms. The van der Waals surface area contributed by atoms with Gasteiger partial charge in [-0.2, -0.15) is 9.97 Å². The summed E-state index contributed by atoms with van der Waals surface area (Å²) in [6.45, 7) is 4.83. The van der Waals surface area contributed by atoms with Crippen LogP contribution >= 0.6 is 0 Å². The first-order valence-corrected chi connectivity index (χ1v) is 9.07. The van der Waals surface area contributed by atoms with Gasteiger partial charge in [-0.25, -0.2) is 9.50 Å². The minimum atomic E-state index is -0.221. The van der Waals surface area contributed by atoms with Crippen LogP contribution in [0.2, 0.25) is 0 Å². The molecule has 1 aliphatic heterocycles. The summed E-state index contributed by atoms with van der Waals surface area (Å²) < 4.78 is 7.51. The summed E-state index contributed by atoms with van der Waals surface area (Å²) in [6, 6.07) is 1.90. The van der Waals surface area contributed by atoms with Crippen molar-refractivity contribution in [2.75, 3.05) is 32.1 Å². The third-order valence-corrected chi connectivity index (χ3v) is 4.59. The zero-order chi connectivity index (χ0) is 19.8. The molecule has 0 aromatic carbocycles. The topological polar surface area (TPSA) is 102 Å². The number of likely N-dealkylation sites (tertiary alicyclic amines) is 1. The molecule has 0 aliphatic carbocycles. The summed E-state index contributed by atoms with van der Waals surface area (Å²) in [4.78, 5) is 33.6. The molecule has 1 atom stereocenters. The molecular formula is C18H22N8O2. The Balaban J connectivity index is 1.46. The Labute approximate surface area is 162 Å². The van der Waals surface area contributed by atoms with Crippen LogP contribution in [-0.4, -0.2) is 73.6 Å². The SMILES string of the molecule is Cc1cc(C)n2nc(C(=O)N3CCC(Oc4cncc(N(C)C)n4)C3)nc2n1. The van der Waals surface area contributed by atoms with Crippen LogP contribution in [-0.2, 0) is 0 Å². The minimum Gasteiger partial charge on any atom is -0.471 e. The van der Waals surface area contributed by atoms with Crippen molar-refractivity contribution >= 4 is 17.5 Å². The zero-order valence-electron chi connectivity index (χ0n) is 16.3. The van der Waals surface area contributed by atoms with E-state index in [4.69, 9.17) is 4.74 Å². The first kappa shape index (κ1) is 18.1. The second-order valence-electron chi connectivity index (χ2n) is 7.08. The van der Waals surface area contributed by atoms with Crippen LogP contribution in [0.15, 0.2) is 18.5 Å². The number of amides is 1. The number of hydrogen-bond acceptors (Lipinski definition) is 8.